The molecule has 15 heavy (non-hydrogen) atoms. The molecule has 0 aliphatic carbocycles. The van der Waals surface area contributed by atoms with Crippen LogP contribution in [0, 0.1) is 0 Å². The largest absolute Gasteiger partial charge is 0.463 e. The molecule has 0 heterocycles. The standard InChI is InChI=1S/C11H14O3S/c1-3-14-10(12)11(13-2)15-9-7-5-4-6-8-9/h4-8,11H,3H2,1-2H3. The van der Waals surface area contributed by atoms with E-state index in [0.29, 0.717) is 6.61 Å². The third-order valence-corrected chi connectivity index (χ3v) is 2.82. The van der Waals surface area contributed by atoms with Crippen LogP contribution in [0.1, 0.15) is 6.92 Å². The van der Waals surface area contributed by atoms with E-state index in [2.05, 4.69) is 0 Å². The van der Waals surface area contributed by atoms with Crippen LogP contribution in [0.4, 0.5) is 0 Å². The minimum atomic E-state index is -0.590. The Bertz CT molecular complexity index is 300. The van der Waals surface area contributed by atoms with E-state index in [1.807, 2.05) is 30.3 Å². The Labute approximate surface area is 93.8 Å². The molecule has 82 valence electrons. The highest BCUT2D eigenvalue weighted by molar-refractivity contribution is 8.00. The first kappa shape index (κ1) is 12.1. The number of carbonyl (C=O) groups excluding carboxylic acids is 1. The highest BCUT2D eigenvalue weighted by Crippen LogP contribution is 2.24. The Morgan fingerprint density at radius 1 is 1.40 bits per heavy atom. The smallest absolute Gasteiger partial charge is 0.346 e. The molecule has 0 amide bonds. The Morgan fingerprint density at radius 2 is 2.07 bits per heavy atom. The molecular formula is C11H14O3S. The summed E-state index contributed by atoms with van der Waals surface area (Å²) in [4.78, 5) is 12.4. The van der Waals surface area contributed by atoms with E-state index in [1.165, 1.54) is 18.9 Å². The van der Waals surface area contributed by atoms with Crippen LogP contribution in [0.2, 0.25) is 0 Å². The fourth-order valence-electron chi connectivity index (χ4n) is 1.03. The molecule has 1 unspecified atom stereocenters. The first-order valence-corrected chi connectivity index (χ1v) is 5.57. The number of hydrogen-bond acceptors (Lipinski definition) is 4. The third kappa shape index (κ3) is 3.93. The van der Waals surface area contributed by atoms with Gasteiger partial charge < -0.3 is 9.47 Å². The van der Waals surface area contributed by atoms with Gasteiger partial charge in [0, 0.05) is 12.0 Å². The number of carbonyl (C=O) groups is 1. The number of benzene rings is 1. The molecule has 0 aliphatic rings. The van der Waals surface area contributed by atoms with Crippen molar-refractivity contribution in [1.82, 2.24) is 0 Å². The van der Waals surface area contributed by atoms with Crippen LogP contribution < -0.4 is 0 Å². The molecule has 1 aromatic carbocycles. The summed E-state index contributed by atoms with van der Waals surface area (Å²) in [7, 11) is 1.50. The van der Waals surface area contributed by atoms with Gasteiger partial charge in [-0.2, -0.15) is 0 Å². The Kier molecular flexibility index (Phi) is 5.21. The average molecular weight is 226 g/mol. The predicted molar refractivity (Wildman–Crippen MR) is 59.7 cm³/mol. The number of methoxy groups -OCH3 is 1. The van der Waals surface area contributed by atoms with Crippen molar-refractivity contribution < 1.29 is 14.3 Å². The minimum Gasteiger partial charge on any atom is -0.463 e. The summed E-state index contributed by atoms with van der Waals surface area (Å²) in [5.41, 5.74) is -0.590. The number of hydrogen-bond donors (Lipinski definition) is 0. The van der Waals surface area contributed by atoms with E-state index >= 15 is 0 Å². The van der Waals surface area contributed by atoms with Gasteiger partial charge in [0.25, 0.3) is 0 Å². The fraction of sp³-hybridized carbons (Fsp3) is 0.364. The maximum absolute atomic E-state index is 11.4. The molecule has 1 atom stereocenters. The molecule has 0 N–H and O–H groups in total. The molecule has 0 spiro atoms. The van der Waals surface area contributed by atoms with Crippen LogP contribution in [-0.4, -0.2) is 25.1 Å². The van der Waals surface area contributed by atoms with Crippen LogP contribution in [-0.2, 0) is 14.3 Å². The molecule has 0 fully saturated rings. The Balaban J connectivity index is 2.58. The zero-order chi connectivity index (χ0) is 11.1. The predicted octanol–water partition coefficient (Wildman–Crippen LogP) is 2.31. The molecule has 0 aliphatic heterocycles. The summed E-state index contributed by atoms with van der Waals surface area (Å²) in [6.45, 7) is 2.14. The topological polar surface area (TPSA) is 35.5 Å². The summed E-state index contributed by atoms with van der Waals surface area (Å²) in [6.07, 6.45) is 0. The van der Waals surface area contributed by atoms with Gasteiger partial charge in [-0.1, -0.05) is 30.0 Å². The number of rotatable bonds is 5. The Morgan fingerprint density at radius 3 is 2.60 bits per heavy atom. The van der Waals surface area contributed by atoms with Crippen molar-refractivity contribution in [3.63, 3.8) is 0 Å². The van der Waals surface area contributed by atoms with E-state index in [9.17, 15) is 4.79 Å². The lowest BCUT2D eigenvalue weighted by Gasteiger charge is -2.12. The van der Waals surface area contributed by atoms with E-state index in [-0.39, 0.29) is 5.97 Å². The highest BCUT2D eigenvalue weighted by atomic mass is 32.2. The van der Waals surface area contributed by atoms with Gasteiger partial charge in [0.2, 0.25) is 5.44 Å². The van der Waals surface area contributed by atoms with Gasteiger partial charge in [0.1, 0.15) is 0 Å². The zero-order valence-electron chi connectivity index (χ0n) is 8.80. The summed E-state index contributed by atoms with van der Waals surface area (Å²) in [5.74, 6) is -0.339. The van der Waals surface area contributed by atoms with E-state index in [4.69, 9.17) is 9.47 Å². The first-order chi connectivity index (χ1) is 7.27. The molecule has 0 bridgehead atoms. The lowest BCUT2D eigenvalue weighted by molar-refractivity contribution is -0.149. The monoisotopic (exact) mass is 226 g/mol. The maximum Gasteiger partial charge on any atom is 0.346 e. The summed E-state index contributed by atoms with van der Waals surface area (Å²) < 4.78 is 9.94. The molecule has 4 heteroatoms. The van der Waals surface area contributed by atoms with Crippen LogP contribution in [0.15, 0.2) is 35.2 Å². The fourth-order valence-corrected chi connectivity index (χ4v) is 1.85. The summed E-state index contributed by atoms with van der Waals surface area (Å²) in [5, 5.41) is 0. The molecule has 1 rings (SSSR count). The van der Waals surface area contributed by atoms with E-state index in [1.54, 1.807) is 6.92 Å². The van der Waals surface area contributed by atoms with Crippen molar-refractivity contribution in [3.05, 3.63) is 30.3 Å². The number of esters is 1. The van der Waals surface area contributed by atoms with Gasteiger partial charge in [-0.05, 0) is 19.1 Å². The van der Waals surface area contributed by atoms with Crippen molar-refractivity contribution in [2.75, 3.05) is 13.7 Å². The molecule has 0 aromatic heterocycles. The van der Waals surface area contributed by atoms with Gasteiger partial charge in [0.05, 0.1) is 6.61 Å². The van der Waals surface area contributed by atoms with Crippen molar-refractivity contribution in [2.45, 2.75) is 17.3 Å². The third-order valence-electron chi connectivity index (χ3n) is 1.68. The van der Waals surface area contributed by atoms with Crippen LogP contribution in [0.3, 0.4) is 0 Å². The molecule has 3 nitrogen and oxygen atoms in total. The summed E-state index contributed by atoms with van der Waals surface area (Å²) in [6, 6.07) is 9.61. The van der Waals surface area contributed by atoms with E-state index < -0.39 is 5.44 Å². The van der Waals surface area contributed by atoms with Crippen LogP contribution in [0.5, 0.6) is 0 Å². The molecule has 1 aromatic rings. The van der Waals surface area contributed by atoms with Gasteiger partial charge in [-0.3, -0.25) is 0 Å². The second-order valence-electron chi connectivity index (χ2n) is 2.75. The Hall–Kier alpha value is -1.00. The normalized spacial score (nSPS) is 12.1. The number of ether oxygens (including phenoxy) is 2. The lowest BCUT2D eigenvalue weighted by atomic mass is 10.4. The van der Waals surface area contributed by atoms with Gasteiger partial charge >= 0.3 is 5.97 Å². The van der Waals surface area contributed by atoms with Gasteiger partial charge in [-0.25, -0.2) is 4.79 Å². The second kappa shape index (κ2) is 6.48. The van der Waals surface area contributed by atoms with Crippen LogP contribution >= 0.6 is 11.8 Å². The summed E-state index contributed by atoms with van der Waals surface area (Å²) >= 11 is 1.34. The number of thioether (sulfide) groups is 1. The lowest BCUT2D eigenvalue weighted by Crippen LogP contribution is -2.21. The van der Waals surface area contributed by atoms with Crippen molar-refractivity contribution >= 4 is 17.7 Å². The molecule has 0 saturated carbocycles. The SMILES string of the molecule is CCOC(=O)C(OC)Sc1ccccc1. The van der Waals surface area contributed by atoms with E-state index in [0.717, 1.165) is 4.90 Å². The molecule has 0 saturated heterocycles. The molecular weight excluding hydrogens is 212 g/mol. The van der Waals surface area contributed by atoms with Crippen molar-refractivity contribution in [3.8, 4) is 0 Å². The average Bonchev–Trinajstić information content (AvgIpc) is 2.27. The zero-order valence-corrected chi connectivity index (χ0v) is 9.62. The second-order valence-corrected chi connectivity index (χ2v) is 3.89. The van der Waals surface area contributed by atoms with Gasteiger partial charge in [0.15, 0.2) is 0 Å². The van der Waals surface area contributed by atoms with Crippen molar-refractivity contribution in [2.24, 2.45) is 0 Å². The van der Waals surface area contributed by atoms with Crippen LogP contribution in [0.25, 0.3) is 0 Å². The van der Waals surface area contributed by atoms with Gasteiger partial charge in [-0.15, -0.1) is 0 Å². The van der Waals surface area contributed by atoms with Crippen molar-refractivity contribution in [1.29, 1.82) is 0 Å². The maximum atomic E-state index is 11.4. The highest BCUT2D eigenvalue weighted by Gasteiger charge is 2.19. The quantitative estimate of drug-likeness (QED) is 0.438. The molecule has 0 radical (unpaired) electrons. The first-order valence-electron chi connectivity index (χ1n) is 4.69. The minimum absolute atomic E-state index is 0.339.